The molecule has 0 aliphatic carbocycles. The Kier molecular flexibility index (Phi) is 6.30. The van der Waals surface area contributed by atoms with Crippen LogP contribution in [0.3, 0.4) is 0 Å². The molecule has 1 atom stereocenters. The number of benzene rings is 1. The molecule has 21 heavy (non-hydrogen) atoms. The average Bonchev–Trinajstić information content (AvgIpc) is 2.47. The van der Waals surface area contributed by atoms with E-state index in [-0.39, 0.29) is 18.4 Å². The van der Waals surface area contributed by atoms with Crippen molar-refractivity contribution in [1.29, 1.82) is 0 Å². The van der Waals surface area contributed by atoms with Gasteiger partial charge < -0.3 is 9.47 Å². The van der Waals surface area contributed by atoms with Crippen molar-refractivity contribution in [3.05, 3.63) is 33.8 Å². The Hall–Kier alpha value is -0.810. The van der Waals surface area contributed by atoms with E-state index in [1.807, 2.05) is 6.07 Å². The van der Waals surface area contributed by atoms with Crippen LogP contribution < -0.4 is 0 Å². The van der Waals surface area contributed by atoms with Gasteiger partial charge in [0.2, 0.25) is 0 Å². The molecule has 0 aromatic heterocycles. The molecule has 1 aliphatic rings. The fourth-order valence-corrected chi connectivity index (χ4v) is 3.01. The summed E-state index contributed by atoms with van der Waals surface area (Å²) in [6.07, 6.45) is 0.273. The molecule has 1 unspecified atom stereocenters. The van der Waals surface area contributed by atoms with Gasteiger partial charge in [-0.15, -0.1) is 0 Å². The standard InChI is InChI=1S/C15H19Cl2NO3/c1-2-21-15(19)10-14(18-5-7-20-8-6-18)12-4-3-11(16)9-13(12)17/h3-4,9,14H,2,5-8,10H2,1H3. The van der Waals surface area contributed by atoms with E-state index in [1.54, 1.807) is 19.1 Å². The maximum absolute atomic E-state index is 11.9. The maximum Gasteiger partial charge on any atom is 0.307 e. The van der Waals surface area contributed by atoms with Crippen LogP contribution in [-0.2, 0) is 14.3 Å². The summed E-state index contributed by atoms with van der Waals surface area (Å²) in [5.74, 6) is -0.222. The highest BCUT2D eigenvalue weighted by molar-refractivity contribution is 6.35. The summed E-state index contributed by atoms with van der Waals surface area (Å²) in [6.45, 7) is 5.03. The van der Waals surface area contributed by atoms with Gasteiger partial charge in [-0.05, 0) is 24.6 Å². The molecule has 1 aliphatic heterocycles. The Morgan fingerprint density at radius 2 is 2.10 bits per heavy atom. The summed E-state index contributed by atoms with van der Waals surface area (Å²) in [5.41, 5.74) is 0.899. The normalized spacial score (nSPS) is 17.5. The fourth-order valence-electron chi connectivity index (χ4n) is 2.47. The van der Waals surface area contributed by atoms with Crippen molar-refractivity contribution in [2.75, 3.05) is 32.9 Å². The Labute approximate surface area is 134 Å². The zero-order chi connectivity index (χ0) is 15.2. The van der Waals surface area contributed by atoms with Crippen LogP contribution in [0.1, 0.15) is 24.9 Å². The van der Waals surface area contributed by atoms with E-state index in [9.17, 15) is 4.79 Å². The second-order valence-corrected chi connectivity index (χ2v) is 5.68. The molecule has 1 aromatic rings. The largest absolute Gasteiger partial charge is 0.466 e. The summed E-state index contributed by atoms with van der Waals surface area (Å²) in [4.78, 5) is 14.1. The zero-order valence-electron chi connectivity index (χ0n) is 12.0. The first-order chi connectivity index (χ1) is 10.1. The van der Waals surface area contributed by atoms with Gasteiger partial charge in [-0.2, -0.15) is 0 Å². The summed E-state index contributed by atoms with van der Waals surface area (Å²) < 4.78 is 10.5. The molecule has 0 N–H and O–H groups in total. The number of morpholine rings is 1. The van der Waals surface area contributed by atoms with Crippen LogP contribution in [0.25, 0.3) is 0 Å². The van der Waals surface area contributed by atoms with Gasteiger partial charge in [0.25, 0.3) is 0 Å². The highest BCUT2D eigenvalue weighted by atomic mass is 35.5. The molecule has 0 spiro atoms. The van der Waals surface area contributed by atoms with Crippen LogP contribution in [0.15, 0.2) is 18.2 Å². The molecule has 116 valence electrons. The van der Waals surface area contributed by atoms with E-state index < -0.39 is 0 Å². The molecule has 1 aromatic carbocycles. The summed E-state index contributed by atoms with van der Waals surface area (Å²) >= 11 is 12.3. The number of hydrogen-bond acceptors (Lipinski definition) is 4. The van der Waals surface area contributed by atoms with Gasteiger partial charge in [-0.1, -0.05) is 29.3 Å². The molecule has 4 nitrogen and oxygen atoms in total. The van der Waals surface area contributed by atoms with Crippen molar-refractivity contribution in [3.8, 4) is 0 Å². The molecule has 1 fully saturated rings. The molecule has 0 bridgehead atoms. The first-order valence-electron chi connectivity index (χ1n) is 7.04. The van der Waals surface area contributed by atoms with Gasteiger partial charge in [0.1, 0.15) is 0 Å². The lowest BCUT2D eigenvalue weighted by Gasteiger charge is -2.34. The monoisotopic (exact) mass is 331 g/mol. The number of nitrogens with zero attached hydrogens (tertiary/aromatic N) is 1. The zero-order valence-corrected chi connectivity index (χ0v) is 13.5. The van der Waals surface area contributed by atoms with Crippen molar-refractivity contribution in [2.45, 2.75) is 19.4 Å². The van der Waals surface area contributed by atoms with Crippen molar-refractivity contribution >= 4 is 29.2 Å². The number of ether oxygens (including phenoxy) is 2. The Morgan fingerprint density at radius 3 is 2.71 bits per heavy atom. The van der Waals surface area contributed by atoms with Gasteiger partial charge in [-0.25, -0.2) is 0 Å². The number of esters is 1. The third-order valence-electron chi connectivity index (χ3n) is 3.47. The number of carbonyl (C=O) groups is 1. The van der Waals surface area contributed by atoms with Crippen LogP contribution >= 0.6 is 23.2 Å². The highest BCUT2D eigenvalue weighted by Crippen LogP contribution is 2.32. The van der Waals surface area contributed by atoms with Crippen LogP contribution in [0.4, 0.5) is 0 Å². The minimum absolute atomic E-state index is 0.113. The van der Waals surface area contributed by atoms with Crippen LogP contribution in [0.2, 0.25) is 10.0 Å². The lowest BCUT2D eigenvalue weighted by atomic mass is 10.0. The molecule has 0 saturated carbocycles. The topological polar surface area (TPSA) is 38.8 Å². The quantitative estimate of drug-likeness (QED) is 0.776. The van der Waals surface area contributed by atoms with Gasteiger partial charge in [0.05, 0.1) is 26.2 Å². The first-order valence-corrected chi connectivity index (χ1v) is 7.79. The Bertz CT molecular complexity index is 490. The van der Waals surface area contributed by atoms with Gasteiger partial charge in [0.15, 0.2) is 0 Å². The van der Waals surface area contributed by atoms with Crippen molar-refractivity contribution < 1.29 is 14.3 Å². The fraction of sp³-hybridized carbons (Fsp3) is 0.533. The molecular formula is C15H19Cl2NO3. The molecule has 0 amide bonds. The second kappa shape index (κ2) is 7.99. The van der Waals surface area contributed by atoms with E-state index in [1.165, 1.54) is 0 Å². The molecule has 1 heterocycles. The minimum atomic E-state index is -0.222. The van der Waals surface area contributed by atoms with Gasteiger partial charge >= 0.3 is 5.97 Å². The SMILES string of the molecule is CCOC(=O)CC(c1ccc(Cl)cc1Cl)N1CCOCC1. The van der Waals surface area contributed by atoms with Gasteiger partial charge in [0, 0.05) is 29.2 Å². The molecule has 0 radical (unpaired) electrons. The number of halogens is 2. The van der Waals surface area contributed by atoms with Crippen LogP contribution in [-0.4, -0.2) is 43.8 Å². The van der Waals surface area contributed by atoms with Crippen LogP contribution in [0.5, 0.6) is 0 Å². The Balaban J connectivity index is 2.23. The predicted octanol–water partition coefficient (Wildman–Crippen LogP) is 3.32. The van der Waals surface area contributed by atoms with E-state index in [0.717, 1.165) is 18.7 Å². The van der Waals surface area contributed by atoms with Crippen molar-refractivity contribution in [3.63, 3.8) is 0 Å². The van der Waals surface area contributed by atoms with Gasteiger partial charge in [-0.3, -0.25) is 9.69 Å². The third kappa shape index (κ3) is 4.58. The molecular weight excluding hydrogens is 313 g/mol. The molecule has 1 saturated heterocycles. The summed E-state index contributed by atoms with van der Waals surface area (Å²) in [5, 5.41) is 1.16. The maximum atomic E-state index is 11.9. The molecule has 2 rings (SSSR count). The Morgan fingerprint density at radius 1 is 1.38 bits per heavy atom. The summed E-state index contributed by atoms with van der Waals surface area (Å²) in [7, 11) is 0. The average molecular weight is 332 g/mol. The third-order valence-corrected chi connectivity index (χ3v) is 4.04. The second-order valence-electron chi connectivity index (χ2n) is 4.84. The first kappa shape index (κ1) is 16.6. The minimum Gasteiger partial charge on any atom is -0.466 e. The highest BCUT2D eigenvalue weighted by Gasteiger charge is 2.27. The number of hydrogen-bond donors (Lipinski definition) is 0. The van der Waals surface area contributed by atoms with E-state index in [4.69, 9.17) is 32.7 Å². The number of carbonyl (C=O) groups excluding carboxylic acids is 1. The van der Waals surface area contributed by atoms with E-state index in [2.05, 4.69) is 4.90 Å². The lowest BCUT2D eigenvalue weighted by molar-refractivity contribution is -0.145. The predicted molar refractivity (Wildman–Crippen MR) is 82.8 cm³/mol. The number of rotatable bonds is 5. The van der Waals surface area contributed by atoms with Crippen molar-refractivity contribution in [2.24, 2.45) is 0 Å². The molecule has 6 heteroatoms. The lowest BCUT2D eigenvalue weighted by Crippen LogP contribution is -2.40. The van der Waals surface area contributed by atoms with E-state index in [0.29, 0.717) is 29.9 Å². The smallest absolute Gasteiger partial charge is 0.307 e. The summed E-state index contributed by atoms with van der Waals surface area (Å²) in [6, 6.07) is 5.26. The van der Waals surface area contributed by atoms with E-state index >= 15 is 0 Å². The van der Waals surface area contributed by atoms with Crippen LogP contribution in [0, 0.1) is 0 Å². The van der Waals surface area contributed by atoms with Crippen molar-refractivity contribution in [1.82, 2.24) is 4.90 Å².